The molecule has 1 saturated carbocycles. The molecular weight excluding hydrogens is 347 g/mol. The summed E-state index contributed by atoms with van der Waals surface area (Å²) in [6.07, 6.45) is -2.92. The van der Waals surface area contributed by atoms with E-state index < -0.39 is 38.0 Å². The van der Waals surface area contributed by atoms with Gasteiger partial charge in [0.2, 0.25) is 10.0 Å². The third-order valence-electron chi connectivity index (χ3n) is 5.06. The van der Waals surface area contributed by atoms with Crippen LogP contribution in [0.1, 0.15) is 24.8 Å². The van der Waals surface area contributed by atoms with Crippen LogP contribution in [0.3, 0.4) is 0 Å². The highest BCUT2D eigenvalue weighted by Crippen LogP contribution is 2.50. The molecule has 0 amide bonds. The maximum atomic E-state index is 12.8. The average Bonchev–Trinajstić information content (AvgIpc) is 3.04. The minimum Gasteiger partial charge on any atom is -0.481 e. The summed E-state index contributed by atoms with van der Waals surface area (Å²) in [6.45, 7) is -0.156. The first-order valence-corrected chi connectivity index (χ1v) is 8.92. The monoisotopic (exact) mass is 363 g/mol. The summed E-state index contributed by atoms with van der Waals surface area (Å²) in [6, 6.07) is 3.54. The van der Waals surface area contributed by atoms with E-state index in [1.54, 1.807) is 0 Å². The predicted molar refractivity (Wildman–Crippen MR) is 77.6 cm³/mol. The number of carbonyl (C=O) groups is 1. The van der Waals surface area contributed by atoms with Crippen LogP contribution in [-0.4, -0.2) is 36.9 Å². The Labute approximate surface area is 137 Å². The minimum atomic E-state index is -4.64. The quantitative estimate of drug-likeness (QED) is 0.896. The van der Waals surface area contributed by atoms with Crippen LogP contribution < -0.4 is 0 Å². The van der Waals surface area contributed by atoms with E-state index >= 15 is 0 Å². The van der Waals surface area contributed by atoms with Gasteiger partial charge in [-0.15, -0.1) is 0 Å². The maximum Gasteiger partial charge on any atom is 0.416 e. The first kappa shape index (κ1) is 17.2. The molecule has 2 fully saturated rings. The van der Waals surface area contributed by atoms with Gasteiger partial charge in [-0.05, 0) is 37.0 Å². The summed E-state index contributed by atoms with van der Waals surface area (Å²) in [5.41, 5.74) is -2.16. The van der Waals surface area contributed by atoms with Gasteiger partial charge in [-0.25, -0.2) is 8.42 Å². The molecule has 1 N–H and O–H groups in total. The van der Waals surface area contributed by atoms with Crippen molar-refractivity contribution in [3.05, 3.63) is 29.8 Å². The molecule has 24 heavy (non-hydrogen) atoms. The SMILES string of the molecule is O=C(O)[C@@]12CCC[C@H]1CN(S(=O)(=O)c1cccc(C(F)(F)F)c1)C2. The smallest absolute Gasteiger partial charge is 0.416 e. The Balaban J connectivity index is 1.94. The summed E-state index contributed by atoms with van der Waals surface area (Å²) >= 11 is 0. The molecule has 0 aromatic heterocycles. The molecule has 5 nitrogen and oxygen atoms in total. The maximum absolute atomic E-state index is 12.8. The van der Waals surface area contributed by atoms with E-state index in [9.17, 15) is 31.5 Å². The van der Waals surface area contributed by atoms with Crippen molar-refractivity contribution in [2.24, 2.45) is 11.3 Å². The second-order valence-corrected chi connectivity index (χ2v) is 8.31. The Kier molecular flexibility index (Phi) is 3.91. The van der Waals surface area contributed by atoms with Crippen LogP contribution in [0, 0.1) is 11.3 Å². The highest BCUT2D eigenvalue weighted by molar-refractivity contribution is 7.89. The third kappa shape index (κ3) is 2.59. The van der Waals surface area contributed by atoms with Crippen molar-refractivity contribution in [1.82, 2.24) is 4.31 Å². The van der Waals surface area contributed by atoms with Crippen LogP contribution in [0.5, 0.6) is 0 Å². The topological polar surface area (TPSA) is 74.7 Å². The van der Waals surface area contributed by atoms with Crippen molar-refractivity contribution in [1.29, 1.82) is 0 Å². The molecule has 1 heterocycles. The number of alkyl halides is 3. The summed E-state index contributed by atoms with van der Waals surface area (Å²) in [5.74, 6) is -1.33. The number of nitrogens with zero attached hydrogens (tertiary/aromatic N) is 1. The number of halogens is 3. The number of benzene rings is 1. The van der Waals surface area contributed by atoms with Crippen LogP contribution in [0.4, 0.5) is 13.2 Å². The molecule has 1 aromatic carbocycles. The first-order chi connectivity index (χ1) is 11.1. The van der Waals surface area contributed by atoms with E-state index in [1.807, 2.05) is 0 Å². The van der Waals surface area contributed by atoms with Gasteiger partial charge in [-0.3, -0.25) is 4.79 Å². The number of aliphatic carboxylic acids is 1. The predicted octanol–water partition coefficient (Wildman–Crippen LogP) is 2.58. The van der Waals surface area contributed by atoms with Gasteiger partial charge in [-0.1, -0.05) is 12.5 Å². The van der Waals surface area contributed by atoms with E-state index in [2.05, 4.69) is 0 Å². The van der Waals surface area contributed by atoms with Gasteiger partial charge in [0.25, 0.3) is 0 Å². The Hall–Kier alpha value is -1.61. The van der Waals surface area contributed by atoms with E-state index in [1.165, 1.54) is 0 Å². The van der Waals surface area contributed by atoms with Crippen molar-refractivity contribution >= 4 is 16.0 Å². The van der Waals surface area contributed by atoms with Crippen LogP contribution in [0.15, 0.2) is 29.2 Å². The zero-order valence-electron chi connectivity index (χ0n) is 12.6. The molecular formula is C15H16F3NO4S. The van der Waals surface area contributed by atoms with Crippen molar-refractivity contribution in [3.8, 4) is 0 Å². The van der Waals surface area contributed by atoms with Gasteiger partial charge in [0, 0.05) is 13.1 Å². The standard InChI is InChI=1S/C15H16F3NO4S/c16-15(17,18)10-3-1-5-12(7-10)24(22,23)19-8-11-4-2-6-14(11,9-19)13(20)21/h1,3,5,7,11H,2,4,6,8-9H2,(H,20,21)/t11-,14+/m0/s1. The number of carboxylic acid groups (broad SMARTS) is 1. The lowest BCUT2D eigenvalue weighted by Gasteiger charge is -2.23. The fraction of sp³-hybridized carbons (Fsp3) is 0.533. The molecule has 2 atom stereocenters. The zero-order valence-corrected chi connectivity index (χ0v) is 13.4. The molecule has 1 aromatic rings. The fourth-order valence-corrected chi connectivity index (χ4v) is 5.36. The first-order valence-electron chi connectivity index (χ1n) is 7.48. The van der Waals surface area contributed by atoms with Gasteiger partial charge < -0.3 is 5.11 Å². The van der Waals surface area contributed by atoms with E-state index in [0.29, 0.717) is 25.3 Å². The van der Waals surface area contributed by atoms with Gasteiger partial charge in [0.1, 0.15) is 0 Å². The molecule has 3 rings (SSSR count). The fourth-order valence-electron chi connectivity index (χ4n) is 3.76. The molecule has 0 radical (unpaired) electrons. The lowest BCUT2D eigenvalue weighted by Crippen LogP contribution is -2.37. The number of carboxylic acids is 1. The number of hydrogen-bond acceptors (Lipinski definition) is 3. The summed E-state index contributed by atoms with van der Waals surface area (Å²) < 4.78 is 64.8. The number of hydrogen-bond donors (Lipinski definition) is 1. The number of sulfonamides is 1. The van der Waals surface area contributed by atoms with Gasteiger partial charge in [0.05, 0.1) is 15.9 Å². The van der Waals surface area contributed by atoms with Crippen LogP contribution in [0.25, 0.3) is 0 Å². The highest BCUT2D eigenvalue weighted by Gasteiger charge is 2.57. The lowest BCUT2D eigenvalue weighted by molar-refractivity contribution is -0.149. The Morgan fingerprint density at radius 1 is 1.33 bits per heavy atom. The van der Waals surface area contributed by atoms with Crippen LogP contribution >= 0.6 is 0 Å². The molecule has 1 saturated heterocycles. The van der Waals surface area contributed by atoms with E-state index in [-0.39, 0.29) is 19.0 Å². The third-order valence-corrected chi connectivity index (χ3v) is 6.87. The molecule has 0 spiro atoms. The molecule has 2 aliphatic rings. The Morgan fingerprint density at radius 2 is 2.04 bits per heavy atom. The molecule has 1 aliphatic heterocycles. The molecule has 0 unspecified atom stereocenters. The van der Waals surface area contributed by atoms with E-state index in [0.717, 1.165) is 22.5 Å². The second kappa shape index (κ2) is 5.45. The van der Waals surface area contributed by atoms with Gasteiger partial charge in [0.15, 0.2) is 0 Å². The van der Waals surface area contributed by atoms with Crippen LogP contribution in [0.2, 0.25) is 0 Å². The van der Waals surface area contributed by atoms with E-state index in [4.69, 9.17) is 0 Å². The normalized spacial score (nSPS) is 28.0. The molecule has 1 aliphatic carbocycles. The summed E-state index contributed by atoms with van der Waals surface area (Å²) in [4.78, 5) is 11.2. The van der Waals surface area contributed by atoms with Crippen molar-refractivity contribution in [3.63, 3.8) is 0 Å². The summed E-state index contributed by atoms with van der Waals surface area (Å²) in [7, 11) is -4.17. The van der Waals surface area contributed by atoms with Crippen LogP contribution in [-0.2, 0) is 21.0 Å². The van der Waals surface area contributed by atoms with Gasteiger partial charge in [-0.2, -0.15) is 17.5 Å². The molecule has 132 valence electrons. The lowest BCUT2D eigenvalue weighted by atomic mass is 9.81. The largest absolute Gasteiger partial charge is 0.481 e. The van der Waals surface area contributed by atoms with Crippen molar-refractivity contribution in [2.45, 2.75) is 30.3 Å². The summed E-state index contributed by atoms with van der Waals surface area (Å²) in [5, 5.41) is 9.51. The number of rotatable bonds is 3. The molecule has 9 heteroatoms. The van der Waals surface area contributed by atoms with Crippen molar-refractivity contribution in [2.75, 3.05) is 13.1 Å². The van der Waals surface area contributed by atoms with Crippen molar-refractivity contribution < 1.29 is 31.5 Å². The highest BCUT2D eigenvalue weighted by atomic mass is 32.2. The Bertz CT molecular complexity index is 777. The zero-order chi connectivity index (χ0) is 17.8. The minimum absolute atomic E-state index is 0.0326. The Morgan fingerprint density at radius 3 is 2.62 bits per heavy atom. The second-order valence-electron chi connectivity index (χ2n) is 6.37. The average molecular weight is 363 g/mol. The van der Waals surface area contributed by atoms with Gasteiger partial charge >= 0.3 is 12.1 Å². The molecule has 0 bridgehead atoms. The number of fused-ring (bicyclic) bond motifs is 1.